The Morgan fingerprint density at radius 2 is 2.38 bits per heavy atom. The van der Waals surface area contributed by atoms with Gasteiger partial charge in [-0.1, -0.05) is 15.9 Å². The van der Waals surface area contributed by atoms with E-state index in [-0.39, 0.29) is 11.9 Å². The van der Waals surface area contributed by atoms with Crippen molar-refractivity contribution in [3.8, 4) is 0 Å². The molecule has 2 N–H and O–H groups in total. The SMILES string of the molecule is Cc1cc(Br)ccc1C(=O)NC1CCNC1. The second-order valence-corrected chi connectivity index (χ2v) is 5.04. The van der Waals surface area contributed by atoms with Gasteiger partial charge in [-0.2, -0.15) is 0 Å². The Bertz CT molecular complexity index is 400. The number of hydrogen-bond acceptors (Lipinski definition) is 2. The van der Waals surface area contributed by atoms with Gasteiger partial charge in [0.05, 0.1) is 0 Å². The third-order valence-corrected chi connectivity index (χ3v) is 3.32. The van der Waals surface area contributed by atoms with Gasteiger partial charge in [-0.05, 0) is 43.7 Å². The topological polar surface area (TPSA) is 41.1 Å². The van der Waals surface area contributed by atoms with Crippen LogP contribution in [0.1, 0.15) is 22.3 Å². The molecule has 1 aliphatic heterocycles. The first kappa shape index (κ1) is 11.6. The molecule has 16 heavy (non-hydrogen) atoms. The molecule has 1 aromatic carbocycles. The van der Waals surface area contributed by atoms with Crippen molar-refractivity contribution in [1.29, 1.82) is 0 Å². The van der Waals surface area contributed by atoms with Crippen molar-refractivity contribution in [2.75, 3.05) is 13.1 Å². The van der Waals surface area contributed by atoms with Gasteiger partial charge < -0.3 is 10.6 Å². The summed E-state index contributed by atoms with van der Waals surface area (Å²) in [4.78, 5) is 12.0. The van der Waals surface area contributed by atoms with Crippen molar-refractivity contribution < 1.29 is 4.79 Å². The molecule has 0 aromatic heterocycles. The first-order valence-electron chi connectivity index (χ1n) is 5.44. The highest BCUT2D eigenvalue weighted by atomic mass is 79.9. The second kappa shape index (κ2) is 4.97. The van der Waals surface area contributed by atoms with Crippen molar-refractivity contribution in [2.24, 2.45) is 0 Å². The summed E-state index contributed by atoms with van der Waals surface area (Å²) in [7, 11) is 0. The largest absolute Gasteiger partial charge is 0.348 e. The van der Waals surface area contributed by atoms with Gasteiger partial charge in [0.15, 0.2) is 0 Å². The standard InChI is InChI=1S/C12H15BrN2O/c1-8-6-9(13)2-3-11(8)12(16)15-10-4-5-14-7-10/h2-3,6,10,14H,4-5,7H2,1H3,(H,15,16). The minimum absolute atomic E-state index is 0.0266. The molecule has 1 unspecified atom stereocenters. The number of hydrogen-bond donors (Lipinski definition) is 2. The highest BCUT2D eigenvalue weighted by Crippen LogP contribution is 2.16. The third-order valence-electron chi connectivity index (χ3n) is 2.83. The number of carbonyl (C=O) groups excluding carboxylic acids is 1. The fourth-order valence-electron chi connectivity index (χ4n) is 1.92. The van der Waals surface area contributed by atoms with Crippen molar-refractivity contribution in [1.82, 2.24) is 10.6 Å². The Kier molecular flexibility index (Phi) is 3.61. The fraction of sp³-hybridized carbons (Fsp3) is 0.417. The summed E-state index contributed by atoms with van der Waals surface area (Å²) in [5.74, 6) is 0.0266. The summed E-state index contributed by atoms with van der Waals surface area (Å²) in [6, 6.07) is 5.99. The summed E-state index contributed by atoms with van der Waals surface area (Å²) in [6.45, 7) is 3.82. The summed E-state index contributed by atoms with van der Waals surface area (Å²) in [5.41, 5.74) is 1.76. The number of benzene rings is 1. The third kappa shape index (κ3) is 2.62. The van der Waals surface area contributed by atoms with Crippen LogP contribution < -0.4 is 10.6 Å². The zero-order valence-corrected chi connectivity index (χ0v) is 10.8. The zero-order valence-electron chi connectivity index (χ0n) is 9.22. The lowest BCUT2D eigenvalue weighted by molar-refractivity contribution is 0.0939. The quantitative estimate of drug-likeness (QED) is 0.869. The molecule has 1 aliphatic rings. The van der Waals surface area contributed by atoms with E-state index in [0.717, 1.165) is 35.1 Å². The Labute approximate surface area is 104 Å². The molecule has 2 rings (SSSR count). The van der Waals surface area contributed by atoms with Gasteiger partial charge in [-0.25, -0.2) is 0 Å². The molecule has 4 heteroatoms. The Morgan fingerprint density at radius 1 is 1.56 bits per heavy atom. The molecule has 3 nitrogen and oxygen atoms in total. The van der Waals surface area contributed by atoms with Crippen molar-refractivity contribution >= 4 is 21.8 Å². The van der Waals surface area contributed by atoms with Crippen LogP contribution in [0.4, 0.5) is 0 Å². The monoisotopic (exact) mass is 282 g/mol. The lowest BCUT2D eigenvalue weighted by Gasteiger charge is -2.12. The zero-order chi connectivity index (χ0) is 11.5. The van der Waals surface area contributed by atoms with E-state index in [2.05, 4.69) is 26.6 Å². The maximum atomic E-state index is 12.0. The minimum atomic E-state index is 0.0266. The van der Waals surface area contributed by atoms with E-state index < -0.39 is 0 Å². The van der Waals surface area contributed by atoms with E-state index in [0.29, 0.717) is 0 Å². The van der Waals surface area contributed by atoms with E-state index in [1.54, 1.807) is 0 Å². The number of amides is 1. The molecule has 86 valence electrons. The van der Waals surface area contributed by atoms with Crippen LogP contribution in [0.25, 0.3) is 0 Å². The highest BCUT2D eigenvalue weighted by Gasteiger charge is 2.18. The molecule has 0 saturated carbocycles. The Balaban J connectivity index is 2.08. The second-order valence-electron chi connectivity index (χ2n) is 4.12. The molecular formula is C12H15BrN2O. The summed E-state index contributed by atoms with van der Waals surface area (Å²) in [5, 5.41) is 6.27. The molecule has 1 saturated heterocycles. The number of nitrogens with one attached hydrogen (secondary N) is 2. The van der Waals surface area contributed by atoms with E-state index in [9.17, 15) is 4.79 Å². The smallest absolute Gasteiger partial charge is 0.251 e. The van der Waals surface area contributed by atoms with Gasteiger partial charge in [-0.15, -0.1) is 0 Å². The van der Waals surface area contributed by atoms with Crippen molar-refractivity contribution in [2.45, 2.75) is 19.4 Å². The number of halogens is 1. The van der Waals surface area contributed by atoms with Gasteiger partial charge in [0, 0.05) is 22.6 Å². The predicted octanol–water partition coefficient (Wildman–Crippen LogP) is 1.85. The van der Waals surface area contributed by atoms with E-state index in [1.807, 2.05) is 25.1 Å². The summed E-state index contributed by atoms with van der Waals surface area (Å²) in [6.07, 6.45) is 1.02. The molecule has 0 bridgehead atoms. The van der Waals surface area contributed by atoms with Crippen LogP contribution in [0.5, 0.6) is 0 Å². The normalized spacial score (nSPS) is 19.8. The van der Waals surface area contributed by atoms with Crippen molar-refractivity contribution in [3.63, 3.8) is 0 Å². The average Bonchev–Trinajstić information content (AvgIpc) is 2.70. The molecule has 1 heterocycles. The van der Waals surface area contributed by atoms with Crippen LogP contribution in [0.3, 0.4) is 0 Å². The maximum absolute atomic E-state index is 12.0. The Morgan fingerprint density at radius 3 is 3.00 bits per heavy atom. The van der Waals surface area contributed by atoms with Gasteiger partial charge in [0.2, 0.25) is 0 Å². The number of carbonyl (C=O) groups is 1. The summed E-state index contributed by atoms with van der Waals surface area (Å²) < 4.78 is 1.00. The molecular weight excluding hydrogens is 268 g/mol. The minimum Gasteiger partial charge on any atom is -0.348 e. The molecule has 1 atom stereocenters. The fourth-order valence-corrected chi connectivity index (χ4v) is 2.40. The molecule has 1 fully saturated rings. The van der Waals surface area contributed by atoms with Crippen LogP contribution in [-0.2, 0) is 0 Å². The van der Waals surface area contributed by atoms with Gasteiger partial charge >= 0.3 is 0 Å². The van der Waals surface area contributed by atoms with Gasteiger partial charge in [0.25, 0.3) is 5.91 Å². The molecule has 1 aromatic rings. The summed E-state index contributed by atoms with van der Waals surface area (Å²) >= 11 is 3.39. The lowest BCUT2D eigenvalue weighted by atomic mass is 10.1. The van der Waals surface area contributed by atoms with Crippen LogP contribution in [-0.4, -0.2) is 25.0 Å². The van der Waals surface area contributed by atoms with Gasteiger partial charge in [-0.3, -0.25) is 4.79 Å². The molecule has 0 spiro atoms. The number of rotatable bonds is 2. The van der Waals surface area contributed by atoms with Gasteiger partial charge in [0.1, 0.15) is 0 Å². The highest BCUT2D eigenvalue weighted by molar-refractivity contribution is 9.10. The Hall–Kier alpha value is -0.870. The van der Waals surface area contributed by atoms with E-state index in [1.165, 1.54) is 0 Å². The van der Waals surface area contributed by atoms with Crippen molar-refractivity contribution in [3.05, 3.63) is 33.8 Å². The first-order chi connectivity index (χ1) is 7.66. The van der Waals surface area contributed by atoms with Crippen LogP contribution in [0.15, 0.2) is 22.7 Å². The maximum Gasteiger partial charge on any atom is 0.251 e. The molecule has 0 aliphatic carbocycles. The van der Waals surface area contributed by atoms with Crippen LogP contribution >= 0.6 is 15.9 Å². The van der Waals surface area contributed by atoms with E-state index in [4.69, 9.17) is 0 Å². The number of aryl methyl sites for hydroxylation is 1. The predicted molar refractivity (Wildman–Crippen MR) is 67.6 cm³/mol. The van der Waals surface area contributed by atoms with Crippen LogP contribution in [0, 0.1) is 6.92 Å². The lowest BCUT2D eigenvalue weighted by Crippen LogP contribution is -2.36. The van der Waals surface area contributed by atoms with Crippen LogP contribution in [0.2, 0.25) is 0 Å². The average molecular weight is 283 g/mol. The molecule has 1 amide bonds. The molecule has 0 radical (unpaired) electrons. The first-order valence-corrected chi connectivity index (χ1v) is 6.24. The van der Waals surface area contributed by atoms with E-state index >= 15 is 0 Å².